The first-order chi connectivity index (χ1) is 14.5. The molecule has 156 valence electrons. The minimum atomic E-state index is -3.73. The number of nitrogens with one attached hydrogen (secondary N) is 1. The third kappa shape index (κ3) is 3.95. The predicted octanol–water partition coefficient (Wildman–Crippen LogP) is 4.37. The van der Waals surface area contributed by atoms with Crippen LogP contribution in [0.3, 0.4) is 0 Å². The van der Waals surface area contributed by atoms with Gasteiger partial charge in [0.2, 0.25) is 0 Å². The zero-order valence-electron chi connectivity index (χ0n) is 16.5. The van der Waals surface area contributed by atoms with Crippen LogP contribution >= 0.6 is 0 Å². The number of ether oxygens (including phenoxy) is 1. The lowest BCUT2D eigenvalue weighted by Crippen LogP contribution is -2.30. The first kappa shape index (κ1) is 20.2. The van der Waals surface area contributed by atoms with Crippen LogP contribution in [-0.2, 0) is 10.0 Å². The van der Waals surface area contributed by atoms with Crippen molar-refractivity contribution in [3.8, 4) is 5.75 Å². The largest absolute Gasteiger partial charge is 0.493 e. The maximum Gasteiger partial charge on any atom is 0.265 e. The fourth-order valence-electron chi connectivity index (χ4n) is 3.52. The number of halogens is 1. The third-order valence-corrected chi connectivity index (χ3v) is 6.88. The number of fused-ring (bicyclic) bond motifs is 1. The number of hydrogen-bond donors (Lipinski definition) is 1. The summed E-state index contributed by atoms with van der Waals surface area (Å²) in [5.41, 5.74) is 1.32. The molecular formula is C22H22FN3O3S. The van der Waals surface area contributed by atoms with E-state index in [1.54, 1.807) is 43.3 Å². The Balaban J connectivity index is 1.56. The smallest absolute Gasteiger partial charge is 0.265 e. The van der Waals surface area contributed by atoms with Gasteiger partial charge in [-0.15, -0.1) is 0 Å². The van der Waals surface area contributed by atoms with Crippen molar-refractivity contribution in [2.75, 3.05) is 22.8 Å². The van der Waals surface area contributed by atoms with Crippen molar-refractivity contribution in [1.29, 1.82) is 0 Å². The van der Waals surface area contributed by atoms with E-state index in [-0.39, 0.29) is 16.8 Å². The second kappa shape index (κ2) is 8.31. The van der Waals surface area contributed by atoms with Crippen LogP contribution < -0.4 is 14.4 Å². The number of pyridine rings is 1. The quantitative estimate of drug-likeness (QED) is 0.632. The first-order valence-electron chi connectivity index (χ1n) is 9.71. The molecule has 0 spiro atoms. The lowest BCUT2D eigenvalue weighted by atomic mass is 10.0. The third-order valence-electron chi connectivity index (χ3n) is 4.99. The van der Waals surface area contributed by atoms with Crippen molar-refractivity contribution < 1.29 is 17.5 Å². The van der Waals surface area contributed by atoms with Crippen LogP contribution in [0.15, 0.2) is 71.8 Å². The molecule has 4 rings (SSSR count). The van der Waals surface area contributed by atoms with Crippen molar-refractivity contribution in [2.45, 2.75) is 24.3 Å². The summed E-state index contributed by atoms with van der Waals surface area (Å²) in [5, 5.41) is 3.25. The molecule has 6 nitrogen and oxygen atoms in total. The van der Waals surface area contributed by atoms with Crippen LogP contribution in [0.5, 0.6) is 5.75 Å². The predicted molar refractivity (Wildman–Crippen MR) is 114 cm³/mol. The normalized spacial score (nSPS) is 15.7. The van der Waals surface area contributed by atoms with E-state index in [4.69, 9.17) is 4.74 Å². The van der Waals surface area contributed by atoms with E-state index in [1.165, 1.54) is 28.7 Å². The molecule has 1 atom stereocenters. The second-order valence-corrected chi connectivity index (χ2v) is 8.76. The number of benzene rings is 2. The van der Waals surface area contributed by atoms with Gasteiger partial charge < -0.3 is 10.1 Å². The van der Waals surface area contributed by atoms with Gasteiger partial charge in [0.15, 0.2) is 0 Å². The highest BCUT2D eigenvalue weighted by Gasteiger charge is 2.25. The summed E-state index contributed by atoms with van der Waals surface area (Å²) in [5.74, 6) is 0.820. The topological polar surface area (TPSA) is 71.5 Å². The molecule has 0 aliphatic carbocycles. The van der Waals surface area contributed by atoms with Crippen molar-refractivity contribution >= 4 is 21.5 Å². The van der Waals surface area contributed by atoms with Crippen LogP contribution in [0.25, 0.3) is 0 Å². The number of aromatic nitrogens is 1. The van der Waals surface area contributed by atoms with Crippen LogP contribution in [0.2, 0.25) is 0 Å². The summed E-state index contributed by atoms with van der Waals surface area (Å²) in [4.78, 5) is 4.40. The van der Waals surface area contributed by atoms with Gasteiger partial charge in [-0.2, -0.15) is 0 Å². The Morgan fingerprint density at radius 3 is 2.67 bits per heavy atom. The van der Waals surface area contributed by atoms with E-state index in [2.05, 4.69) is 10.3 Å². The van der Waals surface area contributed by atoms with E-state index >= 15 is 0 Å². The van der Waals surface area contributed by atoms with Gasteiger partial charge in [0, 0.05) is 24.7 Å². The maximum absolute atomic E-state index is 13.7. The highest BCUT2D eigenvalue weighted by molar-refractivity contribution is 7.92. The SMILES string of the molecule is CCN(c1ccccc1)S(=O)(=O)c1ccc(NC2CCOc3ccc(F)cc32)nc1. The Bertz CT molecular complexity index is 1120. The van der Waals surface area contributed by atoms with Gasteiger partial charge in [-0.1, -0.05) is 18.2 Å². The molecule has 0 fully saturated rings. The van der Waals surface area contributed by atoms with Crippen molar-refractivity contribution in [3.05, 3.63) is 78.2 Å². The number of para-hydroxylation sites is 1. The summed E-state index contributed by atoms with van der Waals surface area (Å²) in [7, 11) is -3.73. The average Bonchev–Trinajstić information content (AvgIpc) is 2.76. The standard InChI is InChI=1S/C22H22FN3O3S/c1-2-26(17-6-4-3-5-7-17)30(27,28)18-9-11-22(24-15-18)25-20-12-13-29-21-10-8-16(23)14-19(20)21/h3-11,14-15,20H,2,12-13H2,1H3,(H,24,25). The number of anilines is 2. The fraction of sp³-hybridized carbons (Fsp3) is 0.227. The Morgan fingerprint density at radius 1 is 1.17 bits per heavy atom. The minimum absolute atomic E-state index is 0.108. The Hall–Kier alpha value is -3.13. The van der Waals surface area contributed by atoms with E-state index in [0.717, 1.165) is 5.56 Å². The minimum Gasteiger partial charge on any atom is -0.493 e. The van der Waals surface area contributed by atoms with Crippen LogP contribution in [-0.4, -0.2) is 26.6 Å². The van der Waals surface area contributed by atoms with Gasteiger partial charge in [-0.25, -0.2) is 17.8 Å². The zero-order valence-corrected chi connectivity index (χ0v) is 17.3. The van der Waals surface area contributed by atoms with Gasteiger partial charge >= 0.3 is 0 Å². The number of rotatable bonds is 6. The molecule has 3 aromatic rings. The molecule has 0 bridgehead atoms. The molecule has 0 amide bonds. The summed E-state index contributed by atoms with van der Waals surface area (Å²) in [6.07, 6.45) is 1.99. The Kier molecular flexibility index (Phi) is 5.59. The molecule has 8 heteroatoms. The molecule has 2 heterocycles. The average molecular weight is 428 g/mol. The highest BCUT2D eigenvalue weighted by Crippen LogP contribution is 2.34. The zero-order chi connectivity index (χ0) is 21.1. The van der Waals surface area contributed by atoms with E-state index < -0.39 is 10.0 Å². The molecule has 0 saturated carbocycles. The molecule has 1 unspecified atom stereocenters. The second-order valence-electron chi connectivity index (χ2n) is 6.90. The van der Waals surface area contributed by atoms with Crippen molar-refractivity contribution in [2.24, 2.45) is 0 Å². The lowest BCUT2D eigenvalue weighted by molar-refractivity contribution is 0.273. The van der Waals surface area contributed by atoms with Crippen molar-refractivity contribution in [3.63, 3.8) is 0 Å². The molecule has 1 aliphatic heterocycles. The Morgan fingerprint density at radius 2 is 1.97 bits per heavy atom. The van der Waals surface area contributed by atoms with E-state index in [1.807, 2.05) is 6.07 Å². The maximum atomic E-state index is 13.7. The first-order valence-corrected chi connectivity index (χ1v) is 11.2. The number of nitrogens with zero attached hydrogens (tertiary/aromatic N) is 2. The summed E-state index contributed by atoms with van der Waals surface area (Å²) < 4.78 is 46.7. The van der Waals surface area contributed by atoms with Gasteiger partial charge in [0.1, 0.15) is 22.3 Å². The molecule has 1 N–H and O–H groups in total. The molecule has 1 aromatic heterocycles. The lowest BCUT2D eigenvalue weighted by Gasteiger charge is -2.27. The van der Waals surface area contributed by atoms with Crippen molar-refractivity contribution in [1.82, 2.24) is 4.98 Å². The highest BCUT2D eigenvalue weighted by atomic mass is 32.2. The van der Waals surface area contributed by atoms with Crippen LogP contribution in [0.4, 0.5) is 15.9 Å². The molecule has 0 radical (unpaired) electrons. The van der Waals surface area contributed by atoms with Gasteiger partial charge in [0.05, 0.1) is 18.3 Å². The van der Waals surface area contributed by atoms with Gasteiger partial charge in [-0.05, 0) is 49.4 Å². The summed E-state index contributed by atoms with van der Waals surface area (Å²) in [6.45, 7) is 2.59. The van der Waals surface area contributed by atoms with Crippen LogP contribution in [0.1, 0.15) is 24.9 Å². The molecule has 2 aromatic carbocycles. The number of hydrogen-bond acceptors (Lipinski definition) is 5. The molecule has 1 aliphatic rings. The number of sulfonamides is 1. The molecule has 0 saturated heterocycles. The molecular weight excluding hydrogens is 405 g/mol. The van der Waals surface area contributed by atoms with Gasteiger partial charge in [-0.3, -0.25) is 4.31 Å². The monoisotopic (exact) mass is 427 g/mol. The molecule has 30 heavy (non-hydrogen) atoms. The van der Waals surface area contributed by atoms with E-state index in [9.17, 15) is 12.8 Å². The van der Waals surface area contributed by atoms with Crippen LogP contribution in [0, 0.1) is 5.82 Å². The van der Waals surface area contributed by atoms with Gasteiger partial charge in [0.25, 0.3) is 10.0 Å². The fourth-order valence-corrected chi connectivity index (χ4v) is 4.94. The summed E-state index contributed by atoms with van der Waals surface area (Å²) in [6, 6.07) is 16.4. The summed E-state index contributed by atoms with van der Waals surface area (Å²) >= 11 is 0. The Labute approximate surface area is 175 Å². The van der Waals surface area contributed by atoms with E-state index in [0.29, 0.717) is 36.8 Å².